The first kappa shape index (κ1) is 10.9. The minimum absolute atomic E-state index is 0.170. The van der Waals surface area contributed by atoms with Crippen LogP contribution in [0.3, 0.4) is 0 Å². The van der Waals surface area contributed by atoms with E-state index < -0.39 is 0 Å². The monoisotopic (exact) mass is 159 g/mol. The standard InChI is InChI=1S/C9H21NO/c1-4-5-8(2)6-11-7-9(3)10/h8-9H,4-7,10H2,1-3H3/t8?,9-/m0/s1. The molecule has 0 saturated carbocycles. The third-order valence-electron chi connectivity index (χ3n) is 1.56. The molecule has 0 aromatic carbocycles. The van der Waals surface area contributed by atoms with Crippen LogP contribution in [0.2, 0.25) is 0 Å². The molecule has 2 N–H and O–H groups in total. The Bertz CT molecular complexity index is 83.6. The first-order chi connectivity index (χ1) is 5.16. The first-order valence-electron chi connectivity index (χ1n) is 4.50. The maximum absolute atomic E-state index is 5.53. The summed E-state index contributed by atoms with van der Waals surface area (Å²) >= 11 is 0. The lowest BCUT2D eigenvalue weighted by Gasteiger charge is -2.11. The summed E-state index contributed by atoms with van der Waals surface area (Å²) in [4.78, 5) is 0. The van der Waals surface area contributed by atoms with Gasteiger partial charge in [0.1, 0.15) is 0 Å². The van der Waals surface area contributed by atoms with Gasteiger partial charge in [0.25, 0.3) is 0 Å². The largest absolute Gasteiger partial charge is 0.380 e. The van der Waals surface area contributed by atoms with Gasteiger partial charge in [-0.05, 0) is 19.3 Å². The molecule has 0 aromatic heterocycles. The van der Waals surface area contributed by atoms with Crippen LogP contribution in [0.5, 0.6) is 0 Å². The van der Waals surface area contributed by atoms with Crippen molar-refractivity contribution in [3.63, 3.8) is 0 Å². The molecule has 0 aromatic rings. The van der Waals surface area contributed by atoms with E-state index in [9.17, 15) is 0 Å². The number of rotatable bonds is 6. The van der Waals surface area contributed by atoms with Gasteiger partial charge < -0.3 is 10.5 Å². The Balaban J connectivity index is 3.10. The van der Waals surface area contributed by atoms with E-state index in [1.165, 1.54) is 12.8 Å². The zero-order chi connectivity index (χ0) is 8.69. The van der Waals surface area contributed by atoms with Crippen molar-refractivity contribution in [1.29, 1.82) is 0 Å². The smallest absolute Gasteiger partial charge is 0.0614 e. The summed E-state index contributed by atoms with van der Waals surface area (Å²) in [5.41, 5.74) is 5.53. The lowest BCUT2D eigenvalue weighted by molar-refractivity contribution is 0.0939. The van der Waals surface area contributed by atoms with Crippen molar-refractivity contribution < 1.29 is 4.74 Å². The highest BCUT2D eigenvalue weighted by atomic mass is 16.5. The van der Waals surface area contributed by atoms with E-state index in [1.54, 1.807) is 0 Å². The van der Waals surface area contributed by atoms with Gasteiger partial charge in [-0.2, -0.15) is 0 Å². The van der Waals surface area contributed by atoms with Gasteiger partial charge in [0, 0.05) is 12.6 Å². The average Bonchev–Trinajstić information content (AvgIpc) is 1.87. The second-order valence-electron chi connectivity index (χ2n) is 3.41. The molecule has 2 nitrogen and oxygen atoms in total. The number of hydrogen-bond donors (Lipinski definition) is 1. The Kier molecular flexibility index (Phi) is 6.57. The Hall–Kier alpha value is -0.0800. The predicted octanol–water partition coefficient (Wildman–Crippen LogP) is 1.79. The molecule has 1 unspecified atom stereocenters. The van der Waals surface area contributed by atoms with Crippen molar-refractivity contribution in [3.05, 3.63) is 0 Å². The number of hydrogen-bond acceptors (Lipinski definition) is 2. The Labute approximate surface area is 70.1 Å². The van der Waals surface area contributed by atoms with Crippen LogP contribution in [0, 0.1) is 5.92 Å². The molecule has 0 aliphatic carbocycles. The maximum Gasteiger partial charge on any atom is 0.0614 e. The summed E-state index contributed by atoms with van der Waals surface area (Å²) in [5, 5.41) is 0. The molecule has 0 spiro atoms. The third-order valence-corrected chi connectivity index (χ3v) is 1.56. The molecular formula is C9H21NO. The Morgan fingerprint density at radius 1 is 1.27 bits per heavy atom. The Morgan fingerprint density at radius 2 is 1.91 bits per heavy atom. The molecule has 0 heterocycles. The lowest BCUT2D eigenvalue weighted by atomic mass is 10.1. The van der Waals surface area contributed by atoms with Gasteiger partial charge in [0.15, 0.2) is 0 Å². The molecular weight excluding hydrogens is 138 g/mol. The van der Waals surface area contributed by atoms with E-state index >= 15 is 0 Å². The van der Waals surface area contributed by atoms with Gasteiger partial charge in [0.2, 0.25) is 0 Å². The van der Waals surface area contributed by atoms with Crippen molar-refractivity contribution in [3.8, 4) is 0 Å². The van der Waals surface area contributed by atoms with Crippen LogP contribution in [0.15, 0.2) is 0 Å². The van der Waals surface area contributed by atoms with Crippen molar-refractivity contribution in [2.24, 2.45) is 11.7 Å². The summed E-state index contributed by atoms with van der Waals surface area (Å²) in [5.74, 6) is 0.679. The Morgan fingerprint density at radius 3 is 2.36 bits per heavy atom. The maximum atomic E-state index is 5.53. The van der Waals surface area contributed by atoms with Crippen LogP contribution in [-0.4, -0.2) is 19.3 Å². The number of ether oxygens (including phenoxy) is 1. The second kappa shape index (κ2) is 6.62. The van der Waals surface area contributed by atoms with Crippen molar-refractivity contribution in [2.75, 3.05) is 13.2 Å². The topological polar surface area (TPSA) is 35.2 Å². The minimum atomic E-state index is 0.170. The van der Waals surface area contributed by atoms with Gasteiger partial charge in [-0.3, -0.25) is 0 Å². The van der Waals surface area contributed by atoms with Gasteiger partial charge >= 0.3 is 0 Å². The summed E-state index contributed by atoms with van der Waals surface area (Å²) in [7, 11) is 0. The predicted molar refractivity (Wildman–Crippen MR) is 48.5 cm³/mol. The molecule has 2 heteroatoms. The summed E-state index contributed by atoms with van der Waals surface area (Å²) in [6, 6.07) is 0.170. The van der Waals surface area contributed by atoms with Gasteiger partial charge in [-0.1, -0.05) is 20.3 Å². The van der Waals surface area contributed by atoms with Crippen LogP contribution in [0.25, 0.3) is 0 Å². The third kappa shape index (κ3) is 7.82. The fourth-order valence-electron chi connectivity index (χ4n) is 1.03. The first-order valence-corrected chi connectivity index (χ1v) is 4.50. The van der Waals surface area contributed by atoms with Gasteiger partial charge in [-0.25, -0.2) is 0 Å². The van der Waals surface area contributed by atoms with Crippen molar-refractivity contribution >= 4 is 0 Å². The zero-order valence-electron chi connectivity index (χ0n) is 7.97. The van der Waals surface area contributed by atoms with E-state index in [-0.39, 0.29) is 6.04 Å². The molecule has 11 heavy (non-hydrogen) atoms. The summed E-state index contributed by atoms with van der Waals surface area (Å²) < 4.78 is 5.38. The van der Waals surface area contributed by atoms with E-state index in [4.69, 9.17) is 10.5 Å². The molecule has 0 radical (unpaired) electrons. The van der Waals surface area contributed by atoms with Gasteiger partial charge in [0.05, 0.1) is 6.61 Å². The second-order valence-corrected chi connectivity index (χ2v) is 3.41. The SMILES string of the molecule is CCCC(C)COC[C@H](C)N. The highest BCUT2D eigenvalue weighted by Gasteiger charge is 2.00. The van der Waals surface area contributed by atoms with E-state index in [2.05, 4.69) is 13.8 Å². The summed E-state index contributed by atoms with van der Waals surface area (Å²) in [6.07, 6.45) is 2.49. The van der Waals surface area contributed by atoms with Crippen LogP contribution in [-0.2, 0) is 4.74 Å². The molecule has 0 aliphatic heterocycles. The van der Waals surface area contributed by atoms with E-state index in [1.807, 2.05) is 6.92 Å². The van der Waals surface area contributed by atoms with Crippen molar-refractivity contribution in [1.82, 2.24) is 0 Å². The zero-order valence-corrected chi connectivity index (χ0v) is 7.97. The number of nitrogens with two attached hydrogens (primary N) is 1. The minimum Gasteiger partial charge on any atom is -0.380 e. The normalized spacial score (nSPS) is 16.4. The molecule has 0 aliphatic rings. The molecule has 68 valence electrons. The van der Waals surface area contributed by atoms with Crippen molar-refractivity contribution in [2.45, 2.75) is 39.7 Å². The molecule has 2 atom stereocenters. The van der Waals surface area contributed by atoms with E-state index in [0.717, 1.165) is 6.61 Å². The molecule has 0 rings (SSSR count). The highest BCUT2D eigenvalue weighted by molar-refractivity contribution is 4.52. The van der Waals surface area contributed by atoms with Gasteiger partial charge in [-0.15, -0.1) is 0 Å². The van der Waals surface area contributed by atoms with E-state index in [0.29, 0.717) is 12.5 Å². The fraction of sp³-hybridized carbons (Fsp3) is 1.00. The van der Waals surface area contributed by atoms with Crippen LogP contribution < -0.4 is 5.73 Å². The fourth-order valence-corrected chi connectivity index (χ4v) is 1.03. The summed E-state index contributed by atoms with van der Waals surface area (Å²) in [6.45, 7) is 7.92. The molecule has 0 fully saturated rings. The lowest BCUT2D eigenvalue weighted by Crippen LogP contribution is -2.23. The quantitative estimate of drug-likeness (QED) is 0.641. The van der Waals surface area contributed by atoms with Crippen LogP contribution >= 0.6 is 0 Å². The molecule has 0 bridgehead atoms. The van der Waals surface area contributed by atoms with Crippen LogP contribution in [0.1, 0.15) is 33.6 Å². The van der Waals surface area contributed by atoms with Crippen LogP contribution in [0.4, 0.5) is 0 Å². The average molecular weight is 159 g/mol. The molecule has 0 amide bonds. The highest BCUT2D eigenvalue weighted by Crippen LogP contribution is 2.04. The molecule has 0 saturated heterocycles.